The topological polar surface area (TPSA) is 91.7 Å². The van der Waals surface area contributed by atoms with Crippen LogP contribution in [0.2, 0.25) is 0 Å². The molecule has 5 aliphatic rings. The second kappa shape index (κ2) is 7.35. The summed E-state index contributed by atoms with van der Waals surface area (Å²) >= 11 is 0. The van der Waals surface area contributed by atoms with Crippen LogP contribution in [0, 0.1) is 50.2 Å². The lowest BCUT2D eigenvalue weighted by Gasteiger charge is -2.69. The number of rotatable bonds is 1. The second-order valence-corrected chi connectivity index (χ2v) is 14.9. The predicted molar refractivity (Wildman–Crippen MR) is 138 cm³/mol. The molecule has 2 N–H and O–H groups in total. The van der Waals surface area contributed by atoms with Gasteiger partial charge in [0, 0.05) is 16.9 Å². The molecule has 5 heteroatoms. The summed E-state index contributed by atoms with van der Waals surface area (Å²) in [5, 5.41) is 20.1. The number of aliphatic hydroxyl groups excluding tert-OH is 1. The van der Waals surface area contributed by atoms with Gasteiger partial charge in [-0.05, 0) is 97.9 Å². The fourth-order valence-electron chi connectivity index (χ4n) is 10.3. The van der Waals surface area contributed by atoms with Gasteiger partial charge in [0.25, 0.3) is 0 Å². The zero-order chi connectivity index (χ0) is 26.7. The zero-order valence-corrected chi connectivity index (χ0v) is 23.2. The van der Waals surface area contributed by atoms with E-state index in [1.54, 1.807) is 0 Å². The van der Waals surface area contributed by atoms with Crippen molar-refractivity contribution < 1.29 is 24.6 Å². The molecule has 4 fully saturated rings. The predicted octanol–water partition coefficient (Wildman–Crippen LogP) is 6.67. The average molecular weight is 497 g/mol. The van der Waals surface area contributed by atoms with Gasteiger partial charge in [0.1, 0.15) is 0 Å². The molecule has 0 saturated heterocycles. The molecule has 0 bridgehead atoms. The van der Waals surface area contributed by atoms with Gasteiger partial charge in [0.05, 0.1) is 11.7 Å². The Balaban J connectivity index is 1.65. The van der Waals surface area contributed by atoms with E-state index in [0.717, 1.165) is 38.4 Å². The minimum Gasteiger partial charge on any atom is -0.515 e. The fraction of sp³-hybridized carbons (Fsp3) is 0.774. The van der Waals surface area contributed by atoms with Crippen LogP contribution in [0.25, 0.3) is 0 Å². The molecule has 0 heterocycles. The summed E-state index contributed by atoms with van der Waals surface area (Å²) in [5.74, 6) is -0.652. The number of allylic oxidation sites excluding steroid dienone is 3. The van der Waals surface area contributed by atoms with Crippen molar-refractivity contribution >= 4 is 17.5 Å². The van der Waals surface area contributed by atoms with Crippen molar-refractivity contribution in [2.45, 2.75) is 99.8 Å². The quantitative estimate of drug-likeness (QED) is 0.312. The molecule has 0 amide bonds. The Morgan fingerprint density at radius 2 is 1.61 bits per heavy atom. The van der Waals surface area contributed by atoms with Gasteiger partial charge in [0.15, 0.2) is 11.6 Å². The molecule has 0 aliphatic heterocycles. The number of carboxylic acids is 1. The minimum atomic E-state index is -0.762. The highest BCUT2D eigenvalue weighted by molar-refractivity contribution is 6.02. The maximum absolute atomic E-state index is 14.3. The van der Waals surface area contributed by atoms with Gasteiger partial charge in [0.2, 0.25) is 0 Å². The number of aliphatic hydroxyl groups is 1. The monoisotopic (exact) mass is 496 g/mol. The number of aliphatic carboxylic acids is 1. The number of ketones is 2. The molecule has 36 heavy (non-hydrogen) atoms. The molecule has 0 unspecified atom stereocenters. The van der Waals surface area contributed by atoms with Gasteiger partial charge in [-0.2, -0.15) is 0 Å². The number of Topliss-reactive ketones (excluding diaryl/α,β-unsaturated/α-hetero) is 1. The minimum absolute atomic E-state index is 0.00498. The van der Waals surface area contributed by atoms with Gasteiger partial charge in [-0.15, -0.1) is 0 Å². The molecule has 0 aromatic rings. The molecule has 8 atom stereocenters. The maximum atomic E-state index is 14.3. The van der Waals surface area contributed by atoms with Gasteiger partial charge < -0.3 is 10.2 Å². The van der Waals surface area contributed by atoms with Crippen molar-refractivity contribution in [2.75, 3.05) is 0 Å². The second-order valence-electron chi connectivity index (χ2n) is 14.9. The van der Waals surface area contributed by atoms with Crippen LogP contribution >= 0.6 is 0 Å². The largest absolute Gasteiger partial charge is 0.515 e. The summed E-state index contributed by atoms with van der Waals surface area (Å²) in [6.07, 6.45) is 9.31. The standard InChI is InChI=1S/C31H44O5/c1-26(2)22-8-9-31(7)23(29(22,5)15-18(17-32)24(26)34)21(33)14-19-20-16-28(4,25(35)36)11-10-27(20,3)12-13-30(19,31)6/h14,17,20,22-23,32H,8-13,15-16H2,1-7H3,(H,35,36)/b18-17-/t20-,22+,23-,27-,28-,29+,30-,31-/m1/s1. The molecule has 5 nitrogen and oxygen atoms in total. The van der Waals surface area contributed by atoms with E-state index < -0.39 is 22.2 Å². The Morgan fingerprint density at radius 3 is 2.22 bits per heavy atom. The van der Waals surface area contributed by atoms with Crippen LogP contribution < -0.4 is 0 Å². The number of carboxylic acid groups (broad SMARTS) is 1. The van der Waals surface area contributed by atoms with Crippen LogP contribution in [0.15, 0.2) is 23.5 Å². The molecular formula is C31H44O5. The SMILES string of the molecule is CC1(C)C(=O)/C(=C\O)C[C@]2(C)[C@H]3C(=O)C=C4[C@H]5C[C@](C)(C(=O)O)CC[C@]5(C)CC[C@@]4(C)[C@]3(C)CC[C@@H]12. The molecule has 0 aromatic carbocycles. The first kappa shape index (κ1) is 25.7. The molecule has 5 aliphatic carbocycles. The summed E-state index contributed by atoms with van der Waals surface area (Å²) in [7, 11) is 0. The fourth-order valence-corrected chi connectivity index (χ4v) is 10.3. The van der Waals surface area contributed by atoms with Crippen LogP contribution in [0.5, 0.6) is 0 Å². The molecule has 0 aromatic heterocycles. The van der Waals surface area contributed by atoms with Crippen molar-refractivity contribution in [1.29, 1.82) is 0 Å². The van der Waals surface area contributed by atoms with E-state index in [2.05, 4.69) is 27.7 Å². The Kier molecular flexibility index (Phi) is 5.25. The lowest BCUT2D eigenvalue weighted by atomic mass is 9.33. The van der Waals surface area contributed by atoms with Crippen LogP contribution in [0.1, 0.15) is 99.8 Å². The summed E-state index contributed by atoms with van der Waals surface area (Å²) in [6, 6.07) is 0. The highest BCUT2D eigenvalue weighted by Crippen LogP contribution is 2.75. The molecule has 4 saturated carbocycles. The van der Waals surface area contributed by atoms with Crippen LogP contribution in [-0.2, 0) is 14.4 Å². The van der Waals surface area contributed by atoms with Crippen molar-refractivity contribution in [3.63, 3.8) is 0 Å². The lowest BCUT2D eigenvalue weighted by Crippen LogP contribution is -2.66. The highest BCUT2D eigenvalue weighted by Gasteiger charge is 2.70. The van der Waals surface area contributed by atoms with Crippen LogP contribution in [-0.4, -0.2) is 27.7 Å². The van der Waals surface area contributed by atoms with E-state index in [0.29, 0.717) is 24.8 Å². The number of fused-ring (bicyclic) bond motifs is 7. The zero-order valence-electron chi connectivity index (χ0n) is 23.2. The molecule has 0 radical (unpaired) electrons. The summed E-state index contributed by atoms with van der Waals surface area (Å²) < 4.78 is 0. The van der Waals surface area contributed by atoms with Gasteiger partial charge >= 0.3 is 5.97 Å². The van der Waals surface area contributed by atoms with E-state index >= 15 is 0 Å². The number of hydrogen-bond acceptors (Lipinski definition) is 4. The Labute approximate surface area is 215 Å². The van der Waals surface area contributed by atoms with Crippen molar-refractivity contribution in [3.05, 3.63) is 23.5 Å². The maximum Gasteiger partial charge on any atom is 0.309 e. The van der Waals surface area contributed by atoms with Gasteiger partial charge in [-0.3, -0.25) is 14.4 Å². The number of hydrogen-bond donors (Lipinski definition) is 2. The average Bonchev–Trinajstić information content (AvgIpc) is 2.78. The third kappa shape index (κ3) is 2.92. The first-order valence-electron chi connectivity index (χ1n) is 13.9. The Bertz CT molecular complexity index is 1110. The Hall–Kier alpha value is -1.91. The number of carbonyl (C=O) groups is 3. The third-order valence-corrected chi connectivity index (χ3v) is 12.8. The molecule has 198 valence electrons. The van der Waals surface area contributed by atoms with Crippen molar-refractivity contribution in [3.8, 4) is 0 Å². The van der Waals surface area contributed by atoms with Crippen molar-refractivity contribution in [2.24, 2.45) is 50.2 Å². The normalized spacial score (nSPS) is 50.9. The van der Waals surface area contributed by atoms with Gasteiger partial charge in [-0.1, -0.05) is 47.1 Å². The third-order valence-electron chi connectivity index (χ3n) is 12.8. The lowest BCUT2D eigenvalue weighted by molar-refractivity contribution is -0.183. The van der Waals surface area contributed by atoms with Crippen molar-refractivity contribution in [1.82, 2.24) is 0 Å². The number of carbonyl (C=O) groups excluding carboxylic acids is 2. The summed E-state index contributed by atoms with van der Waals surface area (Å²) in [5.41, 5.74) is -0.645. The van der Waals surface area contributed by atoms with E-state index in [9.17, 15) is 24.6 Å². The first-order chi connectivity index (χ1) is 16.5. The van der Waals surface area contributed by atoms with Gasteiger partial charge in [-0.25, -0.2) is 0 Å². The van der Waals surface area contributed by atoms with Crippen LogP contribution in [0.4, 0.5) is 0 Å². The Morgan fingerprint density at radius 1 is 0.972 bits per heavy atom. The molecular weight excluding hydrogens is 452 g/mol. The highest BCUT2D eigenvalue weighted by atomic mass is 16.4. The van der Waals surface area contributed by atoms with E-state index in [4.69, 9.17) is 0 Å². The smallest absolute Gasteiger partial charge is 0.309 e. The summed E-state index contributed by atoms with van der Waals surface area (Å²) in [4.78, 5) is 39.8. The molecule has 0 spiro atoms. The van der Waals surface area contributed by atoms with Crippen LogP contribution in [0.3, 0.4) is 0 Å². The molecule has 5 rings (SSSR count). The van der Waals surface area contributed by atoms with E-state index in [1.807, 2.05) is 26.8 Å². The summed E-state index contributed by atoms with van der Waals surface area (Å²) in [6.45, 7) is 15.0. The first-order valence-corrected chi connectivity index (χ1v) is 13.9. The van der Waals surface area contributed by atoms with E-state index in [-0.39, 0.29) is 45.6 Å². The van der Waals surface area contributed by atoms with E-state index in [1.165, 1.54) is 5.57 Å².